The van der Waals surface area contributed by atoms with Gasteiger partial charge < -0.3 is 0 Å². The third-order valence-corrected chi connectivity index (χ3v) is 14.7. The minimum absolute atomic E-state index is 0.230. The molecule has 0 aliphatic rings. The Morgan fingerprint density at radius 2 is 0.769 bits per heavy atom. The summed E-state index contributed by atoms with van der Waals surface area (Å²) in [5.41, 5.74) is 6.47. The molecular formula is C46H31ClN4Si. The highest BCUT2D eigenvalue weighted by molar-refractivity contribution is 7.20. The average molecular weight is 703 g/mol. The molecule has 52 heavy (non-hydrogen) atoms. The second-order valence-electron chi connectivity index (χ2n) is 12.8. The second-order valence-corrected chi connectivity index (χ2v) is 16.9. The van der Waals surface area contributed by atoms with Crippen LogP contribution in [0.15, 0.2) is 188 Å². The number of halogens is 1. The molecule has 9 aromatic rings. The summed E-state index contributed by atoms with van der Waals surface area (Å²) in [6, 6.07) is 66.3. The first-order valence-corrected chi connectivity index (χ1v) is 19.6. The number of rotatable bonds is 7. The van der Waals surface area contributed by atoms with Gasteiger partial charge in [0.2, 0.25) is 5.28 Å². The van der Waals surface area contributed by atoms with E-state index in [0.29, 0.717) is 5.82 Å². The van der Waals surface area contributed by atoms with Crippen molar-refractivity contribution < 1.29 is 0 Å². The van der Waals surface area contributed by atoms with Crippen LogP contribution in [-0.4, -0.2) is 28.0 Å². The Bertz CT molecular complexity index is 2660. The Morgan fingerprint density at radius 3 is 1.33 bits per heavy atom. The van der Waals surface area contributed by atoms with Crippen molar-refractivity contribution >= 4 is 62.2 Å². The number of para-hydroxylation sites is 2. The molecule has 0 aliphatic heterocycles. The van der Waals surface area contributed by atoms with E-state index in [9.17, 15) is 0 Å². The Balaban J connectivity index is 1.33. The van der Waals surface area contributed by atoms with Crippen LogP contribution < -0.4 is 20.7 Å². The molecule has 0 fully saturated rings. The smallest absolute Gasteiger partial charge is 0.223 e. The number of fused-ring (bicyclic) bond motifs is 2. The van der Waals surface area contributed by atoms with Gasteiger partial charge in [-0.25, -0.2) is 19.9 Å². The molecular weight excluding hydrogens is 672 g/mol. The van der Waals surface area contributed by atoms with E-state index in [0.717, 1.165) is 49.9 Å². The molecule has 7 aromatic carbocycles. The van der Waals surface area contributed by atoms with Crippen molar-refractivity contribution in [2.45, 2.75) is 0 Å². The van der Waals surface area contributed by atoms with Gasteiger partial charge in [0.1, 0.15) is 0 Å². The molecule has 0 saturated carbocycles. The maximum atomic E-state index is 6.53. The van der Waals surface area contributed by atoms with Gasteiger partial charge in [0.25, 0.3) is 0 Å². The molecule has 0 unspecified atom stereocenters. The molecule has 4 nitrogen and oxygen atoms in total. The number of aromatic nitrogens is 4. The van der Waals surface area contributed by atoms with Crippen LogP contribution in [0.25, 0.3) is 55.7 Å². The van der Waals surface area contributed by atoms with Gasteiger partial charge in [-0.1, -0.05) is 176 Å². The van der Waals surface area contributed by atoms with E-state index in [1.165, 1.54) is 20.7 Å². The standard InChI is InChI=1S/C46H31ClN4Si/c47-46-49-42-29-13-11-27-40(42)44(51-46)34-19-15-25-38(31-34)52(35-20-6-2-7-21-35,36-22-8-3-9-23-36)37-24-14-18-33(30-37)43-39-26-10-12-28-41(39)48-45(50-43)32-16-4-1-5-17-32/h1-31H. The summed E-state index contributed by atoms with van der Waals surface area (Å²) < 4.78 is 0. The highest BCUT2D eigenvalue weighted by Crippen LogP contribution is 2.30. The van der Waals surface area contributed by atoms with E-state index in [4.69, 9.17) is 26.6 Å². The van der Waals surface area contributed by atoms with Gasteiger partial charge in [0.15, 0.2) is 13.9 Å². The largest absolute Gasteiger partial charge is 0.228 e. The highest BCUT2D eigenvalue weighted by Gasteiger charge is 2.42. The predicted octanol–water partition coefficient (Wildman–Crippen LogP) is 8.60. The normalized spacial score (nSPS) is 11.6. The van der Waals surface area contributed by atoms with E-state index >= 15 is 0 Å². The average Bonchev–Trinajstić information content (AvgIpc) is 3.22. The van der Waals surface area contributed by atoms with E-state index in [1.807, 2.05) is 42.5 Å². The lowest BCUT2D eigenvalue weighted by Crippen LogP contribution is -2.74. The molecule has 0 atom stereocenters. The highest BCUT2D eigenvalue weighted by atomic mass is 35.5. The number of hydrogen-bond acceptors (Lipinski definition) is 4. The zero-order chi connectivity index (χ0) is 34.9. The molecule has 0 spiro atoms. The van der Waals surface area contributed by atoms with Crippen molar-refractivity contribution in [2.24, 2.45) is 0 Å². The molecule has 0 radical (unpaired) electrons. The fourth-order valence-electron chi connectivity index (χ4n) is 7.46. The monoisotopic (exact) mass is 702 g/mol. The SMILES string of the molecule is Clc1nc(-c2cccc([Si](c3ccccc3)(c3ccccc3)c3cccc(-c4nc(-c5ccccc5)nc5ccccc45)c3)c2)c2ccccc2n1. The van der Waals surface area contributed by atoms with Gasteiger partial charge in [-0.05, 0) is 44.5 Å². The predicted molar refractivity (Wildman–Crippen MR) is 218 cm³/mol. The first-order valence-electron chi connectivity index (χ1n) is 17.3. The van der Waals surface area contributed by atoms with Crippen LogP contribution in [0.5, 0.6) is 0 Å². The van der Waals surface area contributed by atoms with Crippen molar-refractivity contribution in [1.82, 2.24) is 19.9 Å². The van der Waals surface area contributed by atoms with Gasteiger partial charge >= 0.3 is 0 Å². The Morgan fingerprint density at radius 1 is 0.346 bits per heavy atom. The third kappa shape index (κ3) is 5.57. The summed E-state index contributed by atoms with van der Waals surface area (Å²) in [5.74, 6) is 0.706. The summed E-state index contributed by atoms with van der Waals surface area (Å²) >= 11 is 6.53. The first kappa shape index (κ1) is 31.7. The summed E-state index contributed by atoms with van der Waals surface area (Å²) in [4.78, 5) is 19.5. The minimum atomic E-state index is -2.97. The van der Waals surface area contributed by atoms with Gasteiger partial charge in [0, 0.05) is 27.5 Å². The molecule has 0 bridgehead atoms. The molecule has 9 rings (SSSR count). The first-order chi connectivity index (χ1) is 25.7. The molecule has 0 N–H and O–H groups in total. The van der Waals surface area contributed by atoms with Crippen molar-refractivity contribution in [3.05, 3.63) is 193 Å². The topological polar surface area (TPSA) is 51.6 Å². The van der Waals surface area contributed by atoms with Crippen LogP contribution >= 0.6 is 11.6 Å². The van der Waals surface area contributed by atoms with Crippen molar-refractivity contribution in [1.29, 1.82) is 0 Å². The van der Waals surface area contributed by atoms with Crippen molar-refractivity contribution in [3.63, 3.8) is 0 Å². The lowest BCUT2D eigenvalue weighted by molar-refractivity contribution is 1.22. The summed E-state index contributed by atoms with van der Waals surface area (Å²) in [7, 11) is -2.97. The van der Waals surface area contributed by atoms with Gasteiger partial charge in [0.05, 0.1) is 22.4 Å². The number of benzene rings is 7. The molecule has 6 heteroatoms. The van der Waals surface area contributed by atoms with Crippen molar-refractivity contribution in [2.75, 3.05) is 0 Å². The van der Waals surface area contributed by atoms with Crippen LogP contribution in [0.4, 0.5) is 0 Å². The molecule has 246 valence electrons. The van der Waals surface area contributed by atoms with E-state index in [-0.39, 0.29) is 5.28 Å². The van der Waals surface area contributed by atoms with E-state index in [2.05, 4.69) is 151 Å². The second kappa shape index (κ2) is 13.5. The molecule has 0 aliphatic carbocycles. The maximum absolute atomic E-state index is 6.53. The van der Waals surface area contributed by atoms with Crippen LogP contribution in [0.1, 0.15) is 0 Å². The molecule has 2 aromatic heterocycles. The number of nitrogens with zero attached hydrogens (tertiary/aromatic N) is 4. The quantitative estimate of drug-likeness (QED) is 0.0949. The Labute approximate surface area is 308 Å². The van der Waals surface area contributed by atoms with E-state index in [1.54, 1.807) is 0 Å². The third-order valence-electron chi connectivity index (χ3n) is 9.76. The lowest BCUT2D eigenvalue weighted by Gasteiger charge is -2.35. The minimum Gasteiger partial charge on any atom is -0.228 e. The summed E-state index contributed by atoms with van der Waals surface area (Å²) in [6.45, 7) is 0. The van der Waals surface area contributed by atoms with Gasteiger partial charge in [-0.2, -0.15) is 0 Å². The fourth-order valence-corrected chi connectivity index (χ4v) is 12.5. The maximum Gasteiger partial charge on any atom is 0.223 e. The molecule has 2 heterocycles. The molecule has 0 saturated heterocycles. The molecule has 0 amide bonds. The fraction of sp³-hybridized carbons (Fsp3) is 0. The van der Waals surface area contributed by atoms with Crippen molar-refractivity contribution in [3.8, 4) is 33.9 Å². The van der Waals surface area contributed by atoms with Crippen LogP contribution in [0.3, 0.4) is 0 Å². The zero-order valence-corrected chi connectivity index (χ0v) is 29.8. The Kier molecular flexibility index (Phi) is 8.20. The van der Waals surface area contributed by atoms with Gasteiger partial charge in [-0.3, -0.25) is 0 Å². The lowest BCUT2D eigenvalue weighted by atomic mass is 10.1. The van der Waals surface area contributed by atoms with Crippen LogP contribution in [0.2, 0.25) is 5.28 Å². The zero-order valence-electron chi connectivity index (χ0n) is 28.1. The summed E-state index contributed by atoms with van der Waals surface area (Å²) in [6.07, 6.45) is 0. The van der Waals surface area contributed by atoms with E-state index < -0.39 is 8.07 Å². The van der Waals surface area contributed by atoms with Crippen LogP contribution in [-0.2, 0) is 0 Å². The summed E-state index contributed by atoms with van der Waals surface area (Å²) in [5, 5.41) is 7.23. The Hall–Kier alpha value is -6.27. The van der Waals surface area contributed by atoms with Gasteiger partial charge in [-0.15, -0.1) is 0 Å². The van der Waals surface area contributed by atoms with Crippen LogP contribution in [0, 0.1) is 0 Å². The number of hydrogen-bond donors (Lipinski definition) is 0.